The number of fused-ring (bicyclic) bond motifs is 1. The Morgan fingerprint density at radius 3 is 2.95 bits per heavy atom. The summed E-state index contributed by atoms with van der Waals surface area (Å²) < 4.78 is 1.07. The lowest BCUT2D eigenvalue weighted by molar-refractivity contribution is -0.123. The summed E-state index contributed by atoms with van der Waals surface area (Å²) in [5, 5.41) is 8.32. The van der Waals surface area contributed by atoms with Crippen molar-refractivity contribution in [1.82, 2.24) is 10.6 Å². The third-order valence-corrected chi connectivity index (χ3v) is 5.15. The van der Waals surface area contributed by atoms with Crippen molar-refractivity contribution in [2.24, 2.45) is 0 Å². The molecule has 5 heteroatoms. The smallest absolute Gasteiger partial charge is 0.237 e. The molecule has 0 saturated carbocycles. The first kappa shape index (κ1) is 13.8. The Morgan fingerprint density at radius 2 is 2.20 bits per heavy atom. The van der Waals surface area contributed by atoms with Crippen LogP contribution in [-0.4, -0.2) is 11.9 Å². The summed E-state index contributed by atoms with van der Waals surface area (Å²) >= 11 is 5.06. The van der Waals surface area contributed by atoms with Crippen molar-refractivity contribution in [1.29, 1.82) is 0 Å². The van der Waals surface area contributed by atoms with Crippen LogP contribution in [0.25, 0.3) is 0 Å². The predicted octanol–water partition coefficient (Wildman–Crippen LogP) is 2.84. The van der Waals surface area contributed by atoms with E-state index in [4.69, 9.17) is 0 Å². The molecule has 2 N–H and O–H groups in total. The Balaban J connectivity index is 1.59. The molecule has 1 aliphatic rings. The molecule has 1 aliphatic heterocycles. The molecule has 0 radical (unpaired) electrons. The Hall–Kier alpha value is -1.17. The molecule has 20 heavy (non-hydrogen) atoms. The summed E-state index contributed by atoms with van der Waals surface area (Å²) in [6, 6.07) is 10.2. The van der Waals surface area contributed by atoms with Crippen LogP contribution in [0.1, 0.15) is 16.0 Å². The zero-order valence-corrected chi connectivity index (χ0v) is 13.3. The first-order valence-electron chi connectivity index (χ1n) is 6.53. The van der Waals surface area contributed by atoms with Crippen LogP contribution >= 0.6 is 27.3 Å². The second kappa shape index (κ2) is 6.08. The molecule has 0 bridgehead atoms. The number of rotatable bonds is 3. The standard InChI is InChI=1S/C15H15BrN2OS/c16-12-6-13(20-9-12)8-18-15(19)14-5-10-3-1-2-4-11(10)7-17-14/h1-4,6,9,14,17H,5,7-8H2,(H,18,19)/t14-/m1/s1. The van der Waals surface area contributed by atoms with Crippen LogP contribution in [0.4, 0.5) is 0 Å². The molecule has 0 fully saturated rings. The minimum absolute atomic E-state index is 0.0732. The van der Waals surface area contributed by atoms with E-state index in [2.05, 4.69) is 38.7 Å². The molecule has 0 spiro atoms. The highest BCUT2D eigenvalue weighted by molar-refractivity contribution is 9.10. The summed E-state index contributed by atoms with van der Waals surface area (Å²) in [5.41, 5.74) is 2.56. The fourth-order valence-electron chi connectivity index (χ4n) is 2.38. The number of carbonyl (C=O) groups is 1. The van der Waals surface area contributed by atoms with Crippen LogP contribution in [0.2, 0.25) is 0 Å². The van der Waals surface area contributed by atoms with E-state index in [9.17, 15) is 4.79 Å². The highest BCUT2D eigenvalue weighted by Gasteiger charge is 2.23. The van der Waals surface area contributed by atoms with E-state index in [1.807, 2.05) is 23.6 Å². The van der Waals surface area contributed by atoms with Crippen LogP contribution in [0.15, 0.2) is 40.2 Å². The summed E-state index contributed by atoms with van der Waals surface area (Å²) in [4.78, 5) is 13.4. The largest absolute Gasteiger partial charge is 0.350 e. The second-order valence-electron chi connectivity index (χ2n) is 4.86. The van der Waals surface area contributed by atoms with Gasteiger partial charge in [-0.05, 0) is 39.5 Å². The summed E-state index contributed by atoms with van der Waals surface area (Å²) in [6.07, 6.45) is 0.760. The lowest BCUT2D eigenvalue weighted by Gasteiger charge is -2.25. The number of halogens is 1. The zero-order chi connectivity index (χ0) is 13.9. The molecule has 0 saturated heterocycles. The molecule has 1 aromatic carbocycles. The van der Waals surface area contributed by atoms with Gasteiger partial charge >= 0.3 is 0 Å². The van der Waals surface area contributed by atoms with Crippen LogP contribution in [-0.2, 0) is 24.3 Å². The maximum atomic E-state index is 12.2. The topological polar surface area (TPSA) is 41.1 Å². The van der Waals surface area contributed by atoms with Gasteiger partial charge in [-0.15, -0.1) is 11.3 Å². The van der Waals surface area contributed by atoms with E-state index in [0.717, 1.165) is 22.3 Å². The Bertz CT molecular complexity index is 626. The van der Waals surface area contributed by atoms with E-state index in [0.29, 0.717) is 6.54 Å². The molecule has 104 valence electrons. The number of hydrogen-bond acceptors (Lipinski definition) is 3. The van der Waals surface area contributed by atoms with Crippen molar-refractivity contribution in [3.8, 4) is 0 Å². The normalized spacial score (nSPS) is 17.6. The summed E-state index contributed by atoms with van der Waals surface area (Å²) in [6.45, 7) is 1.35. The molecule has 2 aromatic rings. The molecule has 2 heterocycles. The number of hydrogen-bond donors (Lipinski definition) is 2. The molecule has 3 rings (SSSR count). The SMILES string of the molecule is O=C(NCc1cc(Br)cs1)[C@H]1Cc2ccccc2CN1. The molecule has 3 nitrogen and oxygen atoms in total. The first-order chi connectivity index (χ1) is 9.72. The van der Waals surface area contributed by atoms with Crippen molar-refractivity contribution in [2.75, 3.05) is 0 Å². The van der Waals surface area contributed by atoms with Gasteiger partial charge in [-0.3, -0.25) is 4.79 Å². The van der Waals surface area contributed by atoms with Gasteiger partial charge in [-0.1, -0.05) is 24.3 Å². The quantitative estimate of drug-likeness (QED) is 0.893. The number of thiophene rings is 1. The average molecular weight is 351 g/mol. The molecule has 1 amide bonds. The van der Waals surface area contributed by atoms with Crippen LogP contribution in [0.5, 0.6) is 0 Å². The number of carbonyl (C=O) groups excluding carboxylic acids is 1. The predicted molar refractivity (Wildman–Crippen MR) is 84.6 cm³/mol. The van der Waals surface area contributed by atoms with Gasteiger partial charge in [0.2, 0.25) is 5.91 Å². The van der Waals surface area contributed by atoms with Crippen LogP contribution in [0, 0.1) is 0 Å². The maximum Gasteiger partial charge on any atom is 0.237 e. The van der Waals surface area contributed by atoms with E-state index in [-0.39, 0.29) is 11.9 Å². The van der Waals surface area contributed by atoms with Gasteiger partial charge < -0.3 is 10.6 Å². The van der Waals surface area contributed by atoms with Gasteiger partial charge in [0.1, 0.15) is 0 Å². The lowest BCUT2D eigenvalue weighted by atomic mass is 9.95. The molecule has 0 unspecified atom stereocenters. The number of benzene rings is 1. The highest BCUT2D eigenvalue weighted by atomic mass is 79.9. The monoisotopic (exact) mass is 350 g/mol. The first-order valence-corrected chi connectivity index (χ1v) is 8.20. The van der Waals surface area contributed by atoms with Crippen molar-refractivity contribution < 1.29 is 4.79 Å². The molecule has 0 aliphatic carbocycles. The fraction of sp³-hybridized carbons (Fsp3) is 0.267. The maximum absolute atomic E-state index is 12.2. The van der Waals surface area contributed by atoms with Crippen LogP contribution < -0.4 is 10.6 Å². The van der Waals surface area contributed by atoms with Gasteiger partial charge in [0.05, 0.1) is 12.6 Å². The summed E-state index contributed by atoms with van der Waals surface area (Å²) in [7, 11) is 0. The van der Waals surface area contributed by atoms with E-state index >= 15 is 0 Å². The van der Waals surface area contributed by atoms with Gasteiger partial charge in [0, 0.05) is 21.3 Å². The third kappa shape index (κ3) is 3.11. The van der Waals surface area contributed by atoms with Gasteiger partial charge in [0.25, 0.3) is 0 Å². The number of nitrogens with one attached hydrogen (secondary N) is 2. The molecule has 1 aromatic heterocycles. The van der Waals surface area contributed by atoms with Gasteiger partial charge in [0.15, 0.2) is 0 Å². The van der Waals surface area contributed by atoms with Gasteiger partial charge in [-0.25, -0.2) is 0 Å². The Labute approximate surface area is 130 Å². The van der Waals surface area contributed by atoms with Gasteiger partial charge in [-0.2, -0.15) is 0 Å². The van der Waals surface area contributed by atoms with E-state index in [1.54, 1.807) is 11.3 Å². The lowest BCUT2D eigenvalue weighted by Crippen LogP contribution is -2.47. The highest BCUT2D eigenvalue weighted by Crippen LogP contribution is 2.20. The molecular weight excluding hydrogens is 336 g/mol. The Morgan fingerprint density at radius 1 is 1.40 bits per heavy atom. The fourth-order valence-corrected chi connectivity index (χ4v) is 3.77. The average Bonchev–Trinajstić information content (AvgIpc) is 2.90. The Kier molecular flexibility index (Phi) is 4.19. The summed E-state index contributed by atoms with van der Waals surface area (Å²) in [5.74, 6) is 0.0732. The van der Waals surface area contributed by atoms with E-state index in [1.165, 1.54) is 11.1 Å². The minimum Gasteiger partial charge on any atom is -0.350 e. The van der Waals surface area contributed by atoms with E-state index < -0.39 is 0 Å². The van der Waals surface area contributed by atoms with Crippen molar-refractivity contribution >= 4 is 33.2 Å². The molecule has 1 atom stereocenters. The number of amides is 1. The van der Waals surface area contributed by atoms with Crippen LogP contribution in [0.3, 0.4) is 0 Å². The van der Waals surface area contributed by atoms with Crippen molar-refractivity contribution in [2.45, 2.75) is 25.6 Å². The third-order valence-electron chi connectivity index (χ3n) is 3.46. The zero-order valence-electron chi connectivity index (χ0n) is 10.9. The molecular formula is C15H15BrN2OS. The second-order valence-corrected chi connectivity index (χ2v) is 6.77. The van der Waals surface area contributed by atoms with Crippen molar-refractivity contribution in [3.63, 3.8) is 0 Å². The van der Waals surface area contributed by atoms with Crippen molar-refractivity contribution in [3.05, 3.63) is 56.2 Å². The minimum atomic E-state index is -0.131.